The molecule has 0 fully saturated rings. The average Bonchev–Trinajstić information content (AvgIpc) is 2.61. The Morgan fingerprint density at radius 2 is 1.96 bits per heavy atom. The maximum absolute atomic E-state index is 12.6. The van der Waals surface area contributed by atoms with Gasteiger partial charge in [0.25, 0.3) is 0 Å². The fourth-order valence-corrected chi connectivity index (χ4v) is 2.57. The van der Waals surface area contributed by atoms with E-state index in [1.165, 1.54) is 0 Å². The molecule has 126 valence electrons. The summed E-state index contributed by atoms with van der Waals surface area (Å²) in [6.45, 7) is 3.58. The number of rotatable bonds is 7. The van der Waals surface area contributed by atoms with Crippen molar-refractivity contribution in [3.63, 3.8) is 0 Å². The van der Waals surface area contributed by atoms with Gasteiger partial charge in [-0.05, 0) is 43.3 Å². The summed E-state index contributed by atoms with van der Waals surface area (Å²) in [6.07, 6.45) is 0.419. The number of fused-ring (bicyclic) bond motifs is 2. The van der Waals surface area contributed by atoms with Crippen LogP contribution >= 0.6 is 0 Å². The minimum absolute atomic E-state index is 0.0811. The third kappa shape index (κ3) is 3.58. The van der Waals surface area contributed by atoms with E-state index in [0.29, 0.717) is 34.2 Å². The zero-order valence-corrected chi connectivity index (χ0v) is 13.6. The number of nitrogens with one attached hydrogen (secondary N) is 1. The number of ether oxygens (including phenoxy) is 1. The van der Waals surface area contributed by atoms with Crippen molar-refractivity contribution in [1.29, 1.82) is 0 Å². The minimum Gasteiger partial charge on any atom is -0.491 e. The molecule has 2 N–H and O–H groups in total. The summed E-state index contributed by atoms with van der Waals surface area (Å²) in [6, 6.07) is 12.3. The van der Waals surface area contributed by atoms with Crippen LogP contribution < -0.4 is 15.5 Å². The Hall–Kier alpha value is -2.37. The van der Waals surface area contributed by atoms with Crippen LogP contribution in [0, 0.1) is 0 Å². The highest BCUT2D eigenvalue weighted by molar-refractivity contribution is 5.90. The number of hydrogen-bond acceptors (Lipinski definition) is 5. The molecule has 1 atom stereocenters. The van der Waals surface area contributed by atoms with Crippen LogP contribution in [0.2, 0.25) is 0 Å². The van der Waals surface area contributed by atoms with E-state index in [9.17, 15) is 9.90 Å². The second-order valence-corrected chi connectivity index (χ2v) is 5.75. The Kier molecular flexibility index (Phi) is 5.13. The summed E-state index contributed by atoms with van der Waals surface area (Å²) in [4.78, 5) is 12.6. The molecule has 0 spiro atoms. The van der Waals surface area contributed by atoms with E-state index in [2.05, 4.69) is 12.2 Å². The van der Waals surface area contributed by atoms with Gasteiger partial charge in [-0.15, -0.1) is 0 Å². The monoisotopic (exact) mass is 327 g/mol. The molecule has 2 aromatic carbocycles. The lowest BCUT2D eigenvalue weighted by atomic mass is 10.1. The highest BCUT2D eigenvalue weighted by atomic mass is 16.5. The van der Waals surface area contributed by atoms with E-state index in [1.807, 2.05) is 12.1 Å². The largest absolute Gasteiger partial charge is 0.491 e. The summed E-state index contributed by atoms with van der Waals surface area (Å²) in [5.74, 6) is 0.541. The topological polar surface area (TPSA) is 71.7 Å². The van der Waals surface area contributed by atoms with Gasteiger partial charge in [0.1, 0.15) is 29.6 Å². The quantitative estimate of drug-likeness (QED) is 0.516. The van der Waals surface area contributed by atoms with Crippen molar-refractivity contribution < 1.29 is 14.3 Å². The zero-order valence-electron chi connectivity index (χ0n) is 13.6. The first-order valence-corrected chi connectivity index (χ1v) is 8.16. The second-order valence-electron chi connectivity index (χ2n) is 5.75. The first kappa shape index (κ1) is 16.5. The number of aliphatic hydroxyl groups is 1. The standard InChI is InChI=1S/C19H21NO4/c1-2-9-20-11-13(21)12-23-14-7-8-18-16(10-14)19(22)15-5-3-4-6-17(15)24-18/h3-8,10,13,20-21H,2,9,11-12H2,1H3. The summed E-state index contributed by atoms with van der Waals surface area (Å²) in [7, 11) is 0. The number of aliphatic hydroxyl groups excluding tert-OH is 1. The Morgan fingerprint density at radius 3 is 2.79 bits per heavy atom. The van der Waals surface area contributed by atoms with E-state index in [-0.39, 0.29) is 12.0 Å². The minimum atomic E-state index is -0.597. The molecule has 1 unspecified atom stereocenters. The summed E-state index contributed by atoms with van der Waals surface area (Å²) < 4.78 is 11.4. The van der Waals surface area contributed by atoms with Crippen LogP contribution in [0.3, 0.4) is 0 Å². The molecular formula is C19H21NO4. The fraction of sp³-hybridized carbons (Fsp3) is 0.316. The molecular weight excluding hydrogens is 306 g/mol. The molecule has 0 radical (unpaired) electrons. The zero-order chi connectivity index (χ0) is 16.9. The molecule has 3 aromatic rings. The first-order chi connectivity index (χ1) is 11.7. The number of para-hydroxylation sites is 1. The van der Waals surface area contributed by atoms with Crippen molar-refractivity contribution in [2.24, 2.45) is 0 Å². The van der Waals surface area contributed by atoms with Gasteiger partial charge in [0, 0.05) is 6.54 Å². The lowest BCUT2D eigenvalue weighted by molar-refractivity contribution is 0.106. The Bertz CT molecular complexity index is 887. The summed E-state index contributed by atoms with van der Waals surface area (Å²) in [5.41, 5.74) is 1.01. The highest BCUT2D eigenvalue weighted by Gasteiger charge is 2.10. The lowest BCUT2D eigenvalue weighted by Crippen LogP contribution is -2.31. The van der Waals surface area contributed by atoms with E-state index in [1.54, 1.807) is 30.3 Å². The smallest absolute Gasteiger partial charge is 0.200 e. The molecule has 3 rings (SSSR count). The predicted octanol–water partition coefficient (Wildman–Crippen LogP) is 2.69. The van der Waals surface area contributed by atoms with Gasteiger partial charge in [-0.3, -0.25) is 4.79 Å². The van der Waals surface area contributed by atoms with E-state index < -0.39 is 6.10 Å². The van der Waals surface area contributed by atoms with E-state index in [4.69, 9.17) is 9.15 Å². The summed E-state index contributed by atoms with van der Waals surface area (Å²) in [5, 5.41) is 14.0. The molecule has 1 heterocycles. The molecule has 5 nitrogen and oxygen atoms in total. The van der Waals surface area contributed by atoms with Gasteiger partial charge in [0.05, 0.1) is 10.8 Å². The molecule has 0 aliphatic carbocycles. The SMILES string of the molecule is CCCNCC(O)COc1ccc2oc3ccccc3c(=O)c2c1. The molecule has 1 aromatic heterocycles. The normalized spacial score (nSPS) is 12.6. The van der Waals surface area contributed by atoms with Crippen molar-refractivity contribution in [3.8, 4) is 5.75 Å². The molecule has 0 amide bonds. The van der Waals surface area contributed by atoms with Gasteiger partial charge in [0.2, 0.25) is 5.43 Å². The average molecular weight is 327 g/mol. The van der Waals surface area contributed by atoms with Crippen molar-refractivity contribution in [2.75, 3.05) is 19.7 Å². The summed E-state index contributed by atoms with van der Waals surface area (Å²) >= 11 is 0. The van der Waals surface area contributed by atoms with Crippen LogP contribution in [-0.2, 0) is 0 Å². The molecule has 0 aliphatic rings. The van der Waals surface area contributed by atoms with Crippen LogP contribution in [0.4, 0.5) is 0 Å². The highest BCUT2D eigenvalue weighted by Crippen LogP contribution is 2.22. The molecule has 0 saturated heterocycles. The van der Waals surface area contributed by atoms with Crippen molar-refractivity contribution in [2.45, 2.75) is 19.4 Å². The molecule has 0 saturated carbocycles. The fourth-order valence-electron chi connectivity index (χ4n) is 2.57. The van der Waals surface area contributed by atoms with E-state index >= 15 is 0 Å². The predicted molar refractivity (Wildman–Crippen MR) is 94.7 cm³/mol. The van der Waals surface area contributed by atoms with Crippen LogP contribution in [0.25, 0.3) is 21.9 Å². The first-order valence-electron chi connectivity index (χ1n) is 8.16. The second kappa shape index (κ2) is 7.47. The van der Waals surface area contributed by atoms with Crippen LogP contribution in [0.1, 0.15) is 13.3 Å². The Balaban J connectivity index is 1.79. The Morgan fingerprint density at radius 1 is 1.17 bits per heavy atom. The van der Waals surface area contributed by atoms with Crippen molar-refractivity contribution in [1.82, 2.24) is 5.32 Å². The Labute approximate surface area is 139 Å². The maximum atomic E-state index is 12.6. The van der Waals surface area contributed by atoms with Gasteiger partial charge in [0.15, 0.2) is 0 Å². The molecule has 24 heavy (non-hydrogen) atoms. The molecule has 0 bridgehead atoms. The third-order valence-corrected chi connectivity index (χ3v) is 3.80. The van der Waals surface area contributed by atoms with Crippen LogP contribution in [0.5, 0.6) is 5.75 Å². The van der Waals surface area contributed by atoms with Crippen LogP contribution in [0.15, 0.2) is 51.7 Å². The van der Waals surface area contributed by atoms with Gasteiger partial charge >= 0.3 is 0 Å². The number of hydrogen-bond donors (Lipinski definition) is 2. The number of benzene rings is 2. The van der Waals surface area contributed by atoms with Gasteiger partial charge in [-0.2, -0.15) is 0 Å². The van der Waals surface area contributed by atoms with Crippen molar-refractivity contribution in [3.05, 3.63) is 52.7 Å². The van der Waals surface area contributed by atoms with Gasteiger partial charge in [-0.25, -0.2) is 0 Å². The molecule has 5 heteroatoms. The van der Waals surface area contributed by atoms with E-state index in [0.717, 1.165) is 13.0 Å². The lowest BCUT2D eigenvalue weighted by Gasteiger charge is -2.13. The molecule has 0 aliphatic heterocycles. The van der Waals surface area contributed by atoms with Crippen molar-refractivity contribution >= 4 is 21.9 Å². The van der Waals surface area contributed by atoms with Gasteiger partial charge < -0.3 is 19.6 Å². The van der Waals surface area contributed by atoms with Crippen LogP contribution in [-0.4, -0.2) is 30.9 Å². The third-order valence-electron chi connectivity index (χ3n) is 3.80. The van der Waals surface area contributed by atoms with Gasteiger partial charge in [-0.1, -0.05) is 19.1 Å². The maximum Gasteiger partial charge on any atom is 0.200 e.